The van der Waals surface area contributed by atoms with Gasteiger partial charge in [-0.05, 0) is 42.5 Å². The van der Waals surface area contributed by atoms with Gasteiger partial charge in [-0.2, -0.15) is 0 Å². The molecule has 0 aliphatic rings. The maximum Gasteiger partial charge on any atom is 0.216 e. The number of aromatic nitrogens is 1. The third-order valence-corrected chi connectivity index (χ3v) is 5.21. The van der Waals surface area contributed by atoms with Gasteiger partial charge in [0.25, 0.3) is 0 Å². The van der Waals surface area contributed by atoms with Gasteiger partial charge in [0, 0.05) is 29.0 Å². The Morgan fingerprint density at radius 1 is 1.00 bits per heavy atom. The minimum atomic E-state index is -0.264. The van der Waals surface area contributed by atoms with Crippen LogP contribution in [0, 0.1) is 19.7 Å². The molecule has 0 spiro atoms. The largest absolute Gasteiger partial charge is 0.455 e. The van der Waals surface area contributed by atoms with Crippen molar-refractivity contribution in [2.24, 2.45) is 7.05 Å². The molecule has 0 saturated heterocycles. The number of benzene rings is 2. The number of fused-ring (bicyclic) bond motifs is 3. The van der Waals surface area contributed by atoms with E-state index in [0.717, 1.165) is 38.7 Å². The van der Waals surface area contributed by atoms with E-state index in [-0.39, 0.29) is 5.82 Å². The quantitative estimate of drug-likeness (QED) is 0.409. The lowest BCUT2D eigenvalue weighted by molar-refractivity contribution is -0.660. The van der Waals surface area contributed by atoms with Crippen molar-refractivity contribution in [3.8, 4) is 11.3 Å². The monoisotopic (exact) mass is 348 g/mol. The summed E-state index contributed by atoms with van der Waals surface area (Å²) in [6.07, 6.45) is 2.09. The Balaban J connectivity index is 2.12. The predicted molar refractivity (Wildman–Crippen MR) is 104 cm³/mol. The molecule has 0 fully saturated rings. The summed E-state index contributed by atoms with van der Waals surface area (Å²) < 4.78 is 22.2. The highest BCUT2D eigenvalue weighted by Gasteiger charge is 2.22. The van der Waals surface area contributed by atoms with E-state index in [1.54, 1.807) is 6.07 Å². The smallest absolute Gasteiger partial charge is 0.216 e. The van der Waals surface area contributed by atoms with Gasteiger partial charge in [-0.1, -0.05) is 26.0 Å². The molecule has 0 unspecified atom stereocenters. The summed E-state index contributed by atoms with van der Waals surface area (Å²) in [7, 11) is 2.05. The third kappa shape index (κ3) is 2.50. The van der Waals surface area contributed by atoms with Gasteiger partial charge in [-0.3, -0.25) is 0 Å². The Bertz CT molecular complexity index is 1150. The molecule has 0 aliphatic heterocycles. The lowest BCUT2D eigenvalue weighted by Gasteiger charge is -2.09. The van der Waals surface area contributed by atoms with Crippen molar-refractivity contribution in [1.29, 1.82) is 0 Å². The molecule has 4 aromatic rings. The molecule has 2 nitrogen and oxygen atoms in total. The lowest BCUT2D eigenvalue weighted by Crippen LogP contribution is -2.31. The van der Waals surface area contributed by atoms with Gasteiger partial charge in [-0.15, -0.1) is 0 Å². The number of aryl methyl sites for hydroxylation is 3. The number of rotatable bonds is 2. The maximum atomic E-state index is 13.9. The maximum absolute atomic E-state index is 13.9. The van der Waals surface area contributed by atoms with Gasteiger partial charge in [0.15, 0.2) is 6.20 Å². The van der Waals surface area contributed by atoms with Gasteiger partial charge < -0.3 is 4.42 Å². The van der Waals surface area contributed by atoms with E-state index in [2.05, 4.69) is 55.8 Å². The van der Waals surface area contributed by atoms with Crippen LogP contribution in [0.25, 0.3) is 33.2 Å². The molecule has 0 bridgehead atoms. The van der Waals surface area contributed by atoms with Crippen LogP contribution in [0.5, 0.6) is 0 Å². The van der Waals surface area contributed by atoms with Crippen LogP contribution in [0.3, 0.4) is 0 Å². The Kier molecular flexibility index (Phi) is 3.83. The number of pyridine rings is 1. The number of hydrogen-bond donors (Lipinski definition) is 0. The van der Waals surface area contributed by atoms with Crippen molar-refractivity contribution in [2.75, 3.05) is 0 Å². The molecule has 2 aromatic carbocycles. The predicted octanol–water partition coefficient (Wildman–Crippen LogP) is 5.96. The Hall–Kier alpha value is -2.68. The van der Waals surface area contributed by atoms with Crippen LogP contribution in [0.1, 0.15) is 36.5 Å². The molecule has 0 saturated carbocycles. The van der Waals surface area contributed by atoms with E-state index >= 15 is 0 Å². The first-order valence-electron chi connectivity index (χ1n) is 8.98. The Morgan fingerprint density at radius 3 is 2.50 bits per heavy atom. The Morgan fingerprint density at radius 2 is 1.77 bits per heavy atom. The normalized spacial score (nSPS) is 11.8. The van der Waals surface area contributed by atoms with Gasteiger partial charge in [0.1, 0.15) is 24.0 Å². The summed E-state index contributed by atoms with van der Waals surface area (Å²) in [4.78, 5) is 0. The van der Waals surface area contributed by atoms with Gasteiger partial charge in [-0.25, -0.2) is 8.96 Å². The van der Waals surface area contributed by atoms with Crippen molar-refractivity contribution < 1.29 is 13.4 Å². The molecule has 26 heavy (non-hydrogen) atoms. The average Bonchev–Trinajstić information content (AvgIpc) is 2.93. The molecule has 2 aromatic heterocycles. The zero-order valence-electron chi connectivity index (χ0n) is 15.9. The van der Waals surface area contributed by atoms with Crippen LogP contribution >= 0.6 is 0 Å². The van der Waals surface area contributed by atoms with Crippen LogP contribution in [-0.2, 0) is 7.05 Å². The second-order valence-electron chi connectivity index (χ2n) is 7.44. The van der Waals surface area contributed by atoms with E-state index in [1.165, 1.54) is 11.6 Å². The van der Waals surface area contributed by atoms with Gasteiger partial charge in [0.05, 0.1) is 5.56 Å². The molecule has 0 radical (unpaired) electrons. The van der Waals surface area contributed by atoms with Crippen LogP contribution in [-0.4, -0.2) is 0 Å². The van der Waals surface area contributed by atoms with Gasteiger partial charge >= 0.3 is 0 Å². The summed E-state index contributed by atoms with van der Waals surface area (Å²) in [5, 5.41) is 2.03. The highest BCUT2D eigenvalue weighted by Crippen LogP contribution is 2.38. The first kappa shape index (κ1) is 16.8. The minimum Gasteiger partial charge on any atom is -0.455 e. The van der Waals surface area contributed by atoms with E-state index in [0.29, 0.717) is 11.5 Å². The summed E-state index contributed by atoms with van der Waals surface area (Å²) in [6.45, 7) is 8.41. The number of furan rings is 1. The minimum absolute atomic E-state index is 0.264. The summed E-state index contributed by atoms with van der Waals surface area (Å²) in [5.41, 5.74) is 6.94. The van der Waals surface area contributed by atoms with Crippen molar-refractivity contribution in [3.63, 3.8) is 0 Å². The van der Waals surface area contributed by atoms with Crippen molar-refractivity contribution in [3.05, 3.63) is 65.1 Å². The molecule has 4 rings (SSSR count). The molecule has 0 aliphatic carbocycles. The number of halogens is 1. The fourth-order valence-corrected chi connectivity index (χ4v) is 3.74. The summed E-state index contributed by atoms with van der Waals surface area (Å²) >= 11 is 0. The van der Waals surface area contributed by atoms with E-state index < -0.39 is 0 Å². The van der Waals surface area contributed by atoms with Crippen molar-refractivity contribution >= 4 is 21.9 Å². The fraction of sp³-hybridized carbons (Fsp3) is 0.261. The lowest BCUT2D eigenvalue weighted by atomic mass is 9.96. The average molecular weight is 348 g/mol. The zero-order chi connectivity index (χ0) is 18.6. The zero-order valence-corrected chi connectivity index (χ0v) is 15.9. The van der Waals surface area contributed by atoms with Crippen LogP contribution in [0.15, 0.2) is 47.0 Å². The Labute approximate surface area is 152 Å². The molecular weight excluding hydrogens is 325 g/mol. The first-order chi connectivity index (χ1) is 12.4. The van der Waals surface area contributed by atoms with E-state index in [1.807, 2.05) is 14.0 Å². The topological polar surface area (TPSA) is 17.0 Å². The van der Waals surface area contributed by atoms with Crippen molar-refractivity contribution in [1.82, 2.24) is 0 Å². The fourth-order valence-electron chi connectivity index (χ4n) is 3.74. The molecule has 132 valence electrons. The third-order valence-electron chi connectivity index (χ3n) is 5.21. The molecule has 2 heterocycles. The van der Waals surface area contributed by atoms with Gasteiger partial charge in [0.2, 0.25) is 5.69 Å². The molecule has 0 amide bonds. The summed E-state index contributed by atoms with van der Waals surface area (Å²) in [6, 6.07) is 11.6. The second kappa shape index (κ2) is 5.94. The highest BCUT2D eigenvalue weighted by molar-refractivity contribution is 6.11. The van der Waals surface area contributed by atoms with Crippen LogP contribution in [0.2, 0.25) is 0 Å². The molecular formula is C23H23FNO+. The highest BCUT2D eigenvalue weighted by atomic mass is 19.1. The molecule has 0 N–H and O–H groups in total. The van der Waals surface area contributed by atoms with Crippen LogP contribution in [0.4, 0.5) is 4.39 Å². The standard InChI is InChI=1S/C23H23FNO/c1-13(2)16-8-9-25(5)19(11-16)22-14(3)6-7-18-21-15(4)10-17(24)12-20(21)26-23(18)22/h6-13H,1-5H3/q+1. The molecule has 0 atom stereocenters. The number of hydrogen-bond acceptors (Lipinski definition) is 1. The van der Waals surface area contributed by atoms with E-state index in [9.17, 15) is 4.39 Å². The summed E-state index contributed by atoms with van der Waals surface area (Å²) in [5.74, 6) is 0.182. The molecule has 3 heteroatoms. The SMILES string of the molecule is Cc1ccc2c(oc3cc(F)cc(C)c32)c1-c1cc(C(C)C)cc[n+]1C. The first-order valence-corrected chi connectivity index (χ1v) is 8.98. The van der Waals surface area contributed by atoms with Crippen molar-refractivity contribution in [2.45, 2.75) is 33.6 Å². The second-order valence-corrected chi connectivity index (χ2v) is 7.44. The van der Waals surface area contributed by atoms with Crippen LogP contribution < -0.4 is 4.57 Å². The number of nitrogens with zero attached hydrogens (tertiary/aromatic N) is 1. The van der Waals surface area contributed by atoms with E-state index in [4.69, 9.17) is 4.42 Å².